The Morgan fingerprint density at radius 1 is 0.679 bits per heavy atom. The number of benzene rings is 2. The normalized spacial score (nSPS) is 17.0. The summed E-state index contributed by atoms with van der Waals surface area (Å²) in [6.07, 6.45) is 2.16. The SMILES string of the molecule is NC(=O)CN1CCN(CCCC(=O)NC(CCCN=C(N)N)C(=O)NCCCCCNC(=O)c2ccc(C(=O)NCC(=O)N3CC(O)CC3B(O)O)c3ccccc23)CCN(CC(N)=O)CCN(CC(N)=O)CC1.O=CO.[Pb+2]. The Bertz CT molecular complexity index is 2290. The van der Waals surface area contributed by atoms with Crippen molar-refractivity contribution in [1.29, 1.82) is 0 Å². The van der Waals surface area contributed by atoms with Crippen LogP contribution in [0.5, 0.6) is 0 Å². The number of guanidine groups is 1. The first kappa shape index (κ1) is 68.0. The molecule has 3 atom stereocenters. The van der Waals surface area contributed by atoms with Gasteiger partial charge in [0.25, 0.3) is 18.3 Å². The molecule has 428 valence electrons. The van der Waals surface area contributed by atoms with E-state index in [0.29, 0.717) is 120 Å². The first-order valence-electron chi connectivity index (χ1n) is 25.6. The molecule has 8 amide bonds. The number of aliphatic imine (C=N–C) groups is 1. The minimum Gasteiger partial charge on any atom is -0.483 e. The van der Waals surface area contributed by atoms with E-state index in [9.17, 15) is 53.5 Å². The third-order valence-corrected chi connectivity index (χ3v) is 12.8. The Morgan fingerprint density at radius 3 is 1.63 bits per heavy atom. The molecule has 2 aliphatic heterocycles. The maximum Gasteiger partial charge on any atom is 2.00 e. The van der Waals surface area contributed by atoms with Gasteiger partial charge in [0.05, 0.1) is 38.2 Å². The van der Waals surface area contributed by atoms with Gasteiger partial charge >= 0.3 is 34.4 Å². The molecule has 28 nitrogen and oxygen atoms in total. The number of carbonyl (C=O) groups is 9. The molecule has 0 aliphatic carbocycles. The van der Waals surface area contributed by atoms with Crippen LogP contribution in [0.15, 0.2) is 41.4 Å². The second kappa shape index (κ2) is 36.9. The smallest absolute Gasteiger partial charge is 0.483 e. The number of primary amides is 3. The van der Waals surface area contributed by atoms with E-state index in [0.717, 1.165) is 4.90 Å². The van der Waals surface area contributed by atoms with Crippen molar-refractivity contribution in [2.45, 2.75) is 69.5 Å². The maximum absolute atomic E-state index is 13.4. The summed E-state index contributed by atoms with van der Waals surface area (Å²) in [6, 6.07) is 9.02. The van der Waals surface area contributed by atoms with Crippen molar-refractivity contribution in [2.75, 3.05) is 111 Å². The number of likely N-dealkylation sites (tertiary alicyclic amines) is 1. The summed E-state index contributed by atoms with van der Waals surface area (Å²) in [5.74, 6) is -4.76. The second-order valence-electron chi connectivity index (χ2n) is 18.8. The van der Waals surface area contributed by atoms with Gasteiger partial charge in [0.2, 0.25) is 35.4 Å². The number of unbranched alkanes of at least 4 members (excludes halogenated alkanes) is 2. The molecule has 2 heterocycles. The first-order chi connectivity index (χ1) is 36.7. The fourth-order valence-corrected chi connectivity index (χ4v) is 8.96. The molecular formula is C48H78BN15O13Pb+2. The third-order valence-electron chi connectivity index (χ3n) is 12.8. The number of fused-ring (bicyclic) bond motifs is 1. The summed E-state index contributed by atoms with van der Waals surface area (Å²) in [5.41, 5.74) is 28.1. The second-order valence-corrected chi connectivity index (χ2v) is 18.8. The van der Waals surface area contributed by atoms with E-state index in [2.05, 4.69) is 31.2 Å². The number of hydrogen-bond donors (Lipinski definition) is 13. The minimum absolute atomic E-state index is 0. The van der Waals surface area contributed by atoms with Gasteiger partial charge in [-0.2, -0.15) is 0 Å². The van der Waals surface area contributed by atoms with Crippen LogP contribution in [0.4, 0.5) is 0 Å². The fraction of sp³-hybridized carbons (Fsp3) is 0.583. The van der Waals surface area contributed by atoms with Gasteiger partial charge in [0.1, 0.15) is 6.04 Å². The summed E-state index contributed by atoms with van der Waals surface area (Å²) in [7, 11) is -1.84. The topological polar surface area (TPSA) is 441 Å². The molecule has 4 rings (SSSR count). The van der Waals surface area contributed by atoms with E-state index in [1.165, 1.54) is 12.1 Å². The van der Waals surface area contributed by atoms with Gasteiger partial charge in [-0.05, 0) is 74.4 Å². The zero-order valence-corrected chi connectivity index (χ0v) is 47.9. The number of carboxylic acid groups (broad SMARTS) is 1. The zero-order valence-electron chi connectivity index (χ0n) is 44.1. The molecule has 3 unspecified atom stereocenters. The molecule has 2 aromatic rings. The van der Waals surface area contributed by atoms with Crippen LogP contribution < -0.4 is 49.9 Å². The number of hydrogen-bond acceptors (Lipinski definition) is 17. The van der Waals surface area contributed by atoms with Gasteiger partial charge in [-0.25, -0.2) is 0 Å². The molecule has 30 heteroatoms. The molecule has 18 N–H and O–H groups in total. The average Bonchev–Trinajstić information content (AvgIpc) is 3.78. The van der Waals surface area contributed by atoms with Crippen molar-refractivity contribution in [3.8, 4) is 0 Å². The summed E-state index contributed by atoms with van der Waals surface area (Å²) < 4.78 is 0. The van der Waals surface area contributed by atoms with E-state index < -0.39 is 61.3 Å². The van der Waals surface area contributed by atoms with Crippen LogP contribution in [0.1, 0.15) is 72.1 Å². The first-order valence-corrected chi connectivity index (χ1v) is 25.6. The van der Waals surface area contributed by atoms with Crippen molar-refractivity contribution >= 4 is 105 Å². The monoisotopic (exact) mass is 1290 g/mol. The van der Waals surface area contributed by atoms with Crippen LogP contribution in [-0.4, -0.2) is 268 Å². The number of amides is 8. The minimum atomic E-state index is -1.84. The van der Waals surface area contributed by atoms with Gasteiger partial charge in [-0.1, -0.05) is 24.3 Å². The van der Waals surface area contributed by atoms with E-state index >= 15 is 0 Å². The van der Waals surface area contributed by atoms with E-state index in [4.69, 9.17) is 38.6 Å². The standard InChI is InChI=1S/C47H76BN15O11.CH2O2.Pb/c49-39(65)29-60-20-18-59(19-21-61(30-40(50)66)23-25-62(24-22-60)31-41(51)67)17-7-11-42(68)58-37(10-6-16-56-47(52)53)46(72)55-15-5-1-4-14-54-44(70)35-12-13-36(34-9-3-2-8-33(34)35)45(71)57-27-43(69)63-28-32(64)26-38(63)48(73)74;2-1-3;/h2-3,8-9,12-13,32,37-38,64,73-74H,1,4-7,10-11,14-31H2,(H2,49,65)(H2,50,66)(H2,51,67)(H,54,70)(H,55,72)(H,57,71)(H,58,68)(H4,52,53,56);1H,(H,2,3);/q;;+2. The average molecular weight is 1290 g/mol. The Balaban J connectivity index is 0.00000508. The molecule has 0 aromatic heterocycles. The number of rotatable bonds is 27. The number of aliphatic hydroxyl groups excluding tert-OH is 1. The third kappa shape index (κ3) is 25.6. The van der Waals surface area contributed by atoms with Gasteiger partial charge in [-0.3, -0.25) is 62.8 Å². The Labute approximate surface area is 473 Å². The number of carbonyl (C=O) groups excluding carboxylic acids is 8. The quantitative estimate of drug-likeness (QED) is 0.0130. The van der Waals surface area contributed by atoms with E-state index in [1.807, 2.05) is 14.7 Å². The van der Waals surface area contributed by atoms with E-state index in [-0.39, 0.29) is 115 Å². The molecule has 2 aliphatic rings. The molecule has 2 fully saturated rings. The van der Waals surface area contributed by atoms with Gasteiger partial charge in [-0.15, -0.1) is 0 Å². The van der Waals surface area contributed by atoms with Gasteiger partial charge in [0, 0.05) is 96.1 Å². The molecule has 0 spiro atoms. The summed E-state index contributed by atoms with van der Waals surface area (Å²) >= 11 is 0. The van der Waals surface area contributed by atoms with Crippen molar-refractivity contribution in [3.63, 3.8) is 0 Å². The molecule has 0 bridgehead atoms. The number of β-amino-alcohol motifs (C(OH)–C–C–N with tert-alkyl or cyclic N) is 1. The summed E-state index contributed by atoms with van der Waals surface area (Å²) in [6.45, 7) is 4.42. The summed E-state index contributed by atoms with van der Waals surface area (Å²) in [5, 5.41) is 48.3. The Hall–Kier alpha value is -6.09. The number of nitrogens with one attached hydrogen (secondary N) is 4. The van der Waals surface area contributed by atoms with Crippen molar-refractivity contribution in [2.24, 2.45) is 33.7 Å². The van der Waals surface area contributed by atoms with Crippen molar-refractivity contribution in [3.05, 3.63) is 47.5 Å². The molecule has 78 heavy (non-hydrogen) atoms. The van der Waals surface area contributed by atoms with Gasteiger partial charge in [0.15, 0.2) is 5.96 Å². The van der Waals surface area contributed by atoms with Gasteiger partial charge < -0.3 is 80.0 Å². The zero-order chi connectivity index (χ0) is 56.9. The molecule has 2 radical (unpaired) electrons. The van der Waals surface area contributed by atoms with Crippen LogP contribution in [0, 0.1) is 0 Å². The molecule has 2 aromatic carbocycles. The number of nitrogens with zero attached hydrogens (tertiary/aromatic N) is 6. The number of aliphatic hydroxyl groups is 1. The van der Waals surface area contributed by atoms with E-state index in [1.54, 1.807) is 24.3 Å². The van der Waals surface area contributed by atoms with Crippen LogP contribution in [0.2, 0.25) is 0 Å². The summed E-state index contributed by atoms with van der Waals surface area (Å²) in [4.78, 5) is 123. The van der Waals surface area contributed by atoms with Crippen LogP contribution in [0.3, 0.4) is 0 Å². The molecule has 0 saturated carbocycles. The van der Waals surface area contributed by atoms with Crippen molar-refractivity contribution in [1.82, 2.24) is 45.8 Å². The van der Waals surface area contributed by atoms with Crippen LogP contribution in [0.25, 0.3) is 10.8 Å². The van der Waals surface area contributed by atoms with Crippen molar-refractivity contribution < 1.29 is 63.4 Å². The maximum atomic E-state index is 13.4. The Kier molecular flexibility index (Phi) is 32.2. The fourth-order valence-electron chi connectivity index (χ4n) is 8.96. The van der Waals surface area contributed by atoms with Crippen LogP contribution >= 0.6 is 0 Å². The largest absolute Gasteiger partial charge is 2.00 e. The number of nitrogens with two attached hydrogens (primary N) is 5. The Morgan fingerprint density at radius 2 is 1.15 bits per heavy atom. The molecule has 2 saturated heterocycles. The predicted octanol–water partition coefficient (Wildman–Crippen LogP) is -6.12. The van der Waals surface area contributed by atoms with Crippen LogP contribution in [-0.2, 0) is 33.6 Å². The molecular weight excluding hydrogens is 1210 g/mol. The predicted molar refractivity (Wildman–Crippen MR) is 291 cm³/mol.